The van der Waals surface area contributed by atoms with E-state index < -0.39 is 5.82 Å². The third kappa shape index (κ3) is 3.85. The minimum absolute atomic E-state index is 0.0978. The van der Waals surface area contributed by atoms with Crippen LogP contribution in [0.2, 0.25) is 5.02 Å². The summed E-state index contributed by atoms with van der Waals surface area (Å²) in [5.74, 6) is 0.282. The van der Waals surface area contributed by atoms with Gasteiger partial charge >= 0.3 is 0 Å². The Hall–Kier alpha value is -1.59. The molecular formula is C17H14BrClFNO2. The third-order valence-electron chi connectivity index (χ3n) is 3.70. The molecule has 0 aliphatic carbocycles. The maximum atomic E-state index is 13.6. The lowest BCUT2D eigenvalue weighted by molar-refractivity contribution is -0.117. The molecule has 23 heavy (non-hydrogen) atoms. The summed E-state index contributed by atoms with van der Waals surface area (Å²) in [4.78, 5) is 12.2. The Bertz CT molecular complexity index is 730. The van der Waals surface area contributed by atoms with Crippen molar-refractivity contribution in [1.29, 1.82) is 0 Å². The normalized spacial score (nSPS) is 16.4. The van der Waals surface area contributed by atoms with Crippen LogP contribution in [0.1, 0.15) is 12.0 Å². The van der Waals surface area contributed by atoms with Crippen LogP contribution >= 0.6 is 27.5 Å². The fourth-order valence-electron chi connectivity index (χ4n) is 2.62. The van der Waals surface area contributed by atoms with Crippen molar-refractivity contribution in [3.63, 3.8) is 0 Å². The molecule has 120 valence electrons. The average Bonchev–Trinajstić information content (AvgIpc) is 2.52. The zero-order valence-corrected chi connectivity index (χ0v) is 14.5. The highest BCUT2D eigenvalue weighted by atomic mass is 79.9. The highest BCUT2D eigenvalue weighted by Crippen LogP contribution is 2.30. The molecule has 1 aliphatic rings. The van der Waals surface area contributed by atoms with E-state index in [2.05, 4.69) is 21.2 Å². The average molecular weight is 399 g/mol. The highest BCUT2D eigenvalue weighted by molar-refractivity contribution is 9.10. The quantitative estimate of drug-likeness (QED) is 0.753. The molecule has 1 unspecified atom stereocenters. The van der Waals surface area contributed by atoms with Crippen LogP contribution in [0.15, 0.2) is 40.9 Å². The lowest BCUT2D eigenvalue weighted by Crippen LogP contribution is -2.26. The van der Waals surface area contributed by atoms with Gasteiger partial charge in [0.1, 0.15) is 11.6 Å². The summed E-state index contributed by atoms with van der Waals surface area (Å²) in [6.07, 6.45) is 1.10. The van der Waals surface area contributed by atoms with Crippen LogP contribution in [-0.2, 0) is 11.2 Å². The summed E-state index contributed by atoms with van der Waals surface area (Å²) >= 11 is 8.93. The largest absolute Gasteiger partial charge is 0.493 e. The van der Waals surface area contributed by atoms with E-state index in [9.17, 15) is 9.18 Å². The molecule has 0 saturated carbocycles. The van der Waals surface area contributed by atoms with Crippen LogP contribution < -0.4 is 10.1 Å². The minimum atomic E-state index is -0.511. The number of rotatable bonds is 3. The van der Waals surface area contributed by atoms with E-state index in [1.165, 1.54) is 12.1 Å². The molecule has 0 saturated heterocycles. The molecule has 0 spiro atoms. The lowest BCUT2D eigenvalue weighted by Gasteiger charge is -2.24. The Balaban J connectivity index is 1.62. The summed E-state index contributed by atoms with van der Waals surface area (Å²) in [6, 6.07) is 10.6. The van der Waals surface area contributed by atoms with Gasteiger partial charge in [0, 0.05) is 18.0 Å². The van der Waals surface area contributed by atoms with Crippen molar-refractivity contribution in [2.75, 3.05) is 11.9 Å². The molecule has 0 aromatic heterocycles. The van der Waals surface area contributed by atoms with E-state index in [-0.39, 0.29) is 21.3 Å². The van der Waals surface area contributed by atoms with Gasteiger partial charge in [-0.25, -0.2) is 4.39 Å². The first-order chi connectivity index (χ1) is 11.0. The van der Waals surface area contributed by atoms with Crippen LogP contribution in [-0.4, -0.2) is 12.5 Å². The molecule has 0 bridgehead atoms. The monoisotopic (exact) mass is 397 g/mol. The number of para-hydroxylation sites is 1. The van der Waals surface area contributed by atoms with Crippen molar-refractivity contribution in [2.45, 2.75) is 12.8 Å². The van der Waals surface area contributed by atoms with Crippen molar-refractivity contribution in [3.05, 3.63) is 57.3 Å². The molecule has 1 atom stereocenters. The Morgan fingerprint density at radius 2 is 2.17 bits per heavy atom. The van der Waals surface area contributed by atoms with Gasteiger partial charge in [-0.1, -0.05) is 29.8 Å². The fraction of sp³-hybridized carbons (Fsp3) is 0.235. The SMILES string of the molecule is O=C(CC1COc2ccccc2C1)Nc1cc(F)c(Br)c(Cl)c1. The number of amides is 1. The predicted octanol–water partition coefficient (Wildman–Crippen LogP) is 4.82. The molecular weight excluding hydrogens is 385 g/mol. The van der Waals surface area contributed by atoms with Crippen LogP contribution in [0.25, 0.3) is 0 Å². The van der Waals surface area contributed by atoms with Crippen LogP contribution in [0.4, 0.5) is 10.1 Å². The summed E-state index contributed by atoms with van der Waals surface area (Å²) in [5, 5.41) is 2.90. The molecule has 2 aromatic rings. The molecule has 6 heteroatoms. The number of ether oxygens (including phenoxy) is 1. The molecule has 1 amide bonds. The Labute approximate surface area is 146 Å². The Kier molecular flexibility index (Phi) is 4.87. The second-order valence-electron chi connectivity index (χ2n) is 5.50. The number of fused-ring (bicyclic) bond motifs is 1. The van der Waals surface area contributed by atoms with Crippen molar-refractivity contribution < 1.29 is 13.9 Å². The van der Waals surface area contributed by atoms with Gasteiger partial charge in [-0.05, 0) is 46.1 Å². The van der Waals surface area contributed by atoms with Gasteiger partial charge in [0.15, 0.2) is 0 Å². The standard InChI is InChI=1S/C17H14BrClFNO2/c18-17-13(19)7-12(8-14(17)20)21-16(22)6-10-5-11-3-1-2-4-15(11)23-9-10/h1-4,7-8,10H,5-6,9H2,(H,21,22). The summed E-state index contributed by atoms with van der Waals surface area (Å²) < 4.78 is 19.5. The first-order valence-corrected chi connectivity index (χ1v) is 8.35. The number of carbonyl (C=O) groups excluding carboxylic acids is 1. The van der Waals surface area contributed by atoms with E-state index in [4.69, 9.17) is 16.3 Å². The molecule has 1 heterocycles. The van der Waals surface area contributed by atoms with E-state index >= 15 is 0 Å². The van der Waals surface area contributed by atoms with Gasteiger partial charge in [-0.2, -0.15) is 0 Å². The van der Waals surface area contributed by atoms with Gasteiger partial charge in [-0.15, -0.1) is 0 Å². The molecule has 0 radical (unpaired) electrons. The number of carbonyl (C=O) groups is 1. The molecule has 2 aromatic carbocycles. The van der Waals surface area contributed by atoms with Crippen LogP contribution in [0.5, 0.6) is 5.75 Å². The van der Waals surface area contributed by atoms with Gasteiger partial charge in [-0.3, -0.25) is 4.79 Å². The number of anilines is 1. The first kappa shape index (κ1) is 16.3. The summed E-state index contributed by atoms with van der Waals surface area (Å²) in [5.41, 5.74) is 1.45. The zero-order valence-electron chi connectivity index (χ0n) is 12.1. The number of hydrogen-bond acceptors (Lipinski definition) is 2. The number of benzene rings is 2. The van der Waals surface area contributed by atoms with Crippen LogP contribution in [0.3, 0.4) is 0 Å². The van der Waals surface area contributed by atoms with E-state index in [0.29, 0.717) is 18.7 Å². The first-order valence-electron chi connectivity index (χ1n) is 7.18. The molecule has 3 nitrogen and oxygen atoms in total. The van der Waals surface area contributed by atoms with E-state index in [1.54, 1.807) is 0 Å². The highest BCUT2D eigenvalue weighted by Gasteiger charge is 2.22. The number of halogens is 3. The van der Waals surface area contributed by atoms with Gasteiger partial charge in [0.05, 0.1) is 16.1 Å². The maximum absolute atomic E-state index is 13.6. The third-order valence-corrected chi connectivity index (χ3v) is 5.03. The topological polar surface area (TPSA) is 38.3 Å². The minimum Gasteiger partial charge on any atom is -0.493 e. The molecule has 0 fully saturated rings. The second kappa shape index (κ2) is 6.89. The van der Waals surface area contributed by atoms with Gasteiger partial charge in [0.25, 0.3) is 0 Å². The molecule has 1 aliphatic heterocycles. The van der Waals surface area contributed by atoms with Crippen molar-refractivity contribution in [2.24, 2.45) is 5.92 Å². The maximum Gasteiger partial charge on any atom is 0.224 e. The van der Waals surface area contributed by atoms with Crippen molar-refractivity contribution >= 4 is 39.1 Å². The fourth-order valence-corrected chi connectivity index (χ4v) is 3.06. The predicted molar refractivity (Wildman–Crippen MR) is 91.5 cm³/mol. The Morgan fingerprint density at radius 1 is 1.39 bits per heavy atom. The van der Waals surface area contributed by atoms with Gasteiger partial charge < -0.3 is 10.1 Å². The number of hydrogen-bond donors (Lipinski definition) is 1. The molecule has 1 N–H and O–H groups in total. The number of nitrogens with one attached hydrogen (secondary N) is 1. The van der Waals surface area contributed by atoms with E-state index in [1.807, 2.05) is 24.3 Å². The van der Waals surface area contributed by atoms with Crippen molar-refractivity contribution in [1.82, 2.24) is 0 Å². The molecule has 3 rings (SSSR count). The smallest absolute Gasteiger partial charge is 0.224 e. The lowest BCUT2D eigenvalue weighted by atomic mass is 9.94. The zero-order chi connectivity index (χ0) is 16.4. The summed E-state index contributed by atoms with van der Waals surface area (Å²) in [6.45, 7) is 0.500. The second-order valence-corrected chi connectivity index (χ2v) is 6.70. The van der Waals surface area contributed by atoms with E-state index in [0.717, 1.165) is 17.7 Å². The van der Waals surface area contributed by atoms with Crippen molar-refractivity contribution in [3.8, 4) is 5.75 Å². The van der Waals surface area contributed by atoms with Gasteiger partial charge in [0.2, 0.25) is 5.91 Å². The Morgan fingerprint density at radius 3 is 2.96 bits per heavy atom. The van der Waals surface area contributed by atoms with Crippen LogP contribution in [0, 0.1) is 11.7 Å². The summed E-state index contributed by atoms with van der Waals surface area (Å²) in [7, 11) is 0.